The van der Waals surface area contributed by atoms with Crippen LogP contribution in [0.4, 0.5) is 11.4 Å². The van der Waals surface area contributed by atoms with Crippen molar-refractivity contribution >= 4 is 22.7 Å². The van der Waals surface area contributed by atoms with Gasteiger partial charge >= 0.3 is 0 Å². The molecule has 0 aliphatic carbocycles. The van der Waals surface area contributed by atoms with Crippen LogP contribution >= 0.6 is 11.3 Å². The first-order valence-electron chi connectivity index (χ1n) is 6.20. The molecule has 0 saturated carbocycles. The maximum atomic E-state index is 10.7. The Balaban J connectivity index is 1.95. The molecule has 0 fully saturated rings. The third-order valence-corrected chi connectivity index (χ3v) is 3.96. The number of nitro benzene ring substituents is 1. The topological polar surface area (TPSA) is 82.0 Å². The molecule has 0 saturated heterocycles. The Kier molecular flexibility index (Phi) is 3.37. The molecule has 21 heavy (non-hydrogen) atoms. The molecule has 3 rings (SSSR count). The maximum absolute atomic E-state index is 10.7. The molecule has 0 atom stereocenters. The first kappa shape index (κ1) is 13.3. The molecular weight excluding hydrogens is 286 g/mol. The van der Waals surface area contributed by atoms with Crippen molar-refractivity contribution in [3.8, 4) is 21.8 Å². The lowest BCUT2D eigenvalue weighted by Gasteiger charge is -2.00. The van der Waals surface area contributed by atoms with Gasteiger partial charge in [0, 0.05) is 34.3 Å². The number of rotatable bonds is 3. The minimum absolute atomic E-state index is 0.0721. The van der Waals surface area contributed by atoms with Crippen molar-refractivity contribution in [3.05, 3.63) is 64.0 Å². The molecule has 5 nitrogen and oxygen atoms in total. The molecule has 2 N–H and O–H groups in total. The van der Waals surface area contributed by atoms with Crippen LogP contribution in [0.15, 0.2) is 53.9 Å². The van der Waals surface area contributed by atoms with E-state index in [4.69, 9.17) is 5.73 Å². The van der Waals surface area contributed by atoms with Gasteiger partial charge in [-0.25, -0.2) is 4.98 Å². The molecular formula is C15H11N3O2S. The number of aromatic nitrogens is 1. The standard InChI is InChI=1S/C15H11N3O2S/c16-13-4-2-1-3-12(13)14-9-21-15(17-14)10-5-7-11(8-6-10)18(19)20/h1-9H,16H2. The normalized spacial score (nSPS) is 10.5. The predicted octanol–water partition coefficient (Wildman–Crippen LogP) is 3.97. The summed E-state index contributed by atoms with van der Waals surface area (Å²) >= 11 is 1.48. The quantitative estimate of drug-likeness (QED) is 0.450. The molecule has 6 heteroatoms. The summed E-state index contributed by atoms with van der Waals surface area (Å²) in [6, 6.07) is 13.9. The van der Waals surface area contributed by atoms with Crippen LogP contribution in [-0.2, 0) is 0 Å². The summed E-state index contributed by atoms with van der Waals surface area (Å²) in [6.45, 7) is 0. The molecule has 0 amide bonds. The summed E-state index contributed by atoms with van der Waals surface area (Å²) in [5.41, 5.74) is 9.25. The van der Waals surface area contributed by atoms with Crippen molar-refractivity contribution < 1.29 is 4.92 Å². The summed E-state index contributed by atoms with van der Waals surface area (Å²) in [6.07, 6.45) is 0. The number of nitro groups is 1. The highest BCUT2D eigenvalue weighted by molar-refractivity contribution is 7.13. The Bertz CT molecular complexity index is 797. The van der Waals surface area contributed by atoms with Crippen LogP contribution in [0.5, 0.6) is 0 Å². The maximum Gasteiger partial charge on any atom is 0.269 e. The first-order chi connectivity index (χ1) is 10.1. The first-order valence-corrected chi connectivity index (χ1v) is 7.08. The molecule has 0 aliphatic rings. The number of thiazole rings is 1. The van der Waals surface area contributed by atoms with Gasteiger partial charge in [-0.1, -0.05) is 18.2 Å². The van der Waals surface area contributed by atoms with Crippen molar-refractivity contribution in [3.63, 3.8) is 0 Å². The minimum atomic E-state index is -0.415. The lowest BCUT2D eigenvalue weighted by Crippen LogP contribution is -1.89. The van der Waals surface area contributed by atoms with Gasteiger partial charge in [-0.2, -0.15) is 0 Å². The summed E-state index contributed by atoms with van der Waals surface area (Å²) in [7, 11) is 0. The van der Waals surface area contributed by atoms with Crippen molar-refractivity contribution in [2.24, 2.45) is 0 Å². The third-order valence-electron chi connectivity index (χ3n) is 3.07. The number of para-hydroxylation sites is 1. The Labute approximate surface area is 124 Å². The SMILES string of the molecule is Nc1ccccc1-c1csc(-c2ccc([N+](=O)[O-])cc2)n1. The van der Waals surface area contributed by atoms with Gasteiger partial charge < -0.3 is 5.73 Å². The van der Waals surface area contributed by atoms with Gasteiger partial charge in [0.15, 0.2) is 0 Å². The summed E-state index contributed by atoms with van der Waals surface area (Å²) in [5, 5.41) is 13.4. The van der Waals surface area contributed by atoms with Crippen molar-refractivity contribution in [2.75, 3.05) is 5.73 Å². The van der Waals surface area contributed by atoms with Gasteiger partial charge in [0.2, 0.25) is 0 Å². The smallest absolute Gasteiger partial charge is 0.269 e. The molecule has 1 heterocycles. The minimum Gasteiger partial charge on any atom is -0.398 e. The highest BCUT2D eigenvalue weighted by Crippen LogP contribution is 2.32. The van der Waals surface area contributed by atoms with Crippen LogP contribution in [0.2, 0.25) is 0 Å². The van der Waals surface area contributed by atoms with Crippen molar-refractivity contribution in [1.82, 2.24) is 4.98 Å². The second-order valence-corrected chi connectivity index (χ2v) is 5.29. The number of hydrogen-bond donors (Lipinski definition) is 1. The molecule has 0 radical (unpaired) electrons. The number of anilines is 1. The predicted molar refractivity (Wildman–Crippen MR) is 84.1 cm³/mol. The third kappa shape index (κ3) is 2.61. The number of nitrogen functional groups attached to an aromatic ring is 1. The van der Waals surface area contributed by atoms with Crippen LogP contribution in [0.3, 0.4) is 0 Å². The lowest BCUT2D eigenvalue weighted by atomic mass is 10.1. The molecule has 104 valence electrons. The lowest BCUT2D eigenvalue weighted by molar-refractivity contribution is -0.384. The fraction of sp³-hybridized carbons (Fsp3) is 0. The van der Waals surface area contributed by atoms with E-state index in [2.05, 4.69) is 4.98 Å². The van der Waals surface area contributed by atoms with E-state index in [9.17, 15) is 10.1 Å². The van der Waals surface area contributed by atoms with Crippen LogP contribution in [0.1, 0.15) is 0 Å². The molecule has 3 aromatic rings. The summed E-state index contributed by atoms with van der Waals surface area (Å²) in [5.74, 6) is 0. The summed E-state index contributed by atoms with van der Waals surface area (Å²) in [4.78, 5) is 14.8. The van der Waals surface area contributed by atoms with Crippen LogP contribution in [0, 0.1) is 10.1 Å². The zero-order valence-corrected chi connectivity index (χ0v) is 11.7. The Hall–Kier alpha value is -2.73. The molecule has 0 spiro atoms. The zero-order valence-electron chi connectivity index (χ0n) is 10.9. The number of hydrogen-bond acceptors (Lipinski definition) is 5. The highest BCUT2D eigenvalue weighted by Gasteiger charge is 2.10. The fourth-order valence-electron chi connectivity index (χ4n) is 1.99. The number of nitrogens with zero attached hydrogens (tertiary/aromatic N) is 2. The number of nitrogens with two attached hydrogens (primary N) is 1. The van der Waals surface area contributed by atoms with Crippen molar-refractivity contribution in [2.45, 2.75) is 0 Å². The van der Waals surface area contributed by atoms with E-state index < -0.39 is 4.92 Å². The monoisotopic (exact) mass is 297 g/mol. The van der Waals surface area contributed by atoms with E-state index in [-0.39, 0.29) is 5.69 Å². The van der Waals surface area contributed by atoms with Gasteiger partial charge in [-0.15, -0.1) is 11.3 Å². The van der Waals surface area contributed by atoms with Gasteiger partial charge in [0.05, 0.1) is 10.6 Å². The molecule has 1 aromatic heterocycles. The number of benzene rings is 2. The molecule has 2 aromatic carbocycles. The Morgan fingerprint density at radius 3 is 2.48 bits per heavy atom. The van der Waals surface area contributed by atoms with Crippen LogP contribution < -0.4 is 5.73 Å². The Morgan fingerprint density at radius 2 is 1.81 bits per heavy atom. The largest absolute Gasteiger partial charge is 0.398 e. The zero-order chi connectivity index (χ0) is 14.8. The second kappa shape index (κ2) is 5.34. The van der Waals surface area contributed by atoms with Crippen LogP contribution in [-0.4, -0.2) is 9.91 Å². The van der Waals surface area contributed by atoms with E-state index in [0.29, 0.717) is 5.69 Å². The highest BCUT2D eigenvalue weighted by atomic mass is 32.1. The average Bonchev–Trinajstić information content (AvgIpc) is 2.97. The van der Waals surface area contributed by atoms with E-state index in [0.717, 1.165) is 21.8 Å². The van der Waals surface area contributed by atoms with Crippen molar-refractivity contribution in [1.29, 1.82) is 0 Å². The number of non-ortho nitro benzene ring substituents is 1. The van der Waals surface area contributed by atoms with E-state index >= 15 is 0 Å². The van der Waals surface area contributed by atoms with Gasteiger partial charge in [-0.3, -0.25) is 10.1 Å². The van der Waals surface area contributed by atoms with Gasteiger partial charge in [0.1, 0.15) is 5.01 Å². The average molecular weight is 297 g/mol. The Morgan fingerprint density at radius 1 is 1.10 bits per heavy atom. The van der Waals surface area contributed by atoms with Gasteiger partial charge in [-0.05, 0) is 18.2 Å². The van der Waals surface area contributed by atoms with E-state index in [1.165, 1.54) is 23.5 Å². The van der Waals surface area contributed by atoms with E-state index in [1.54, 1.807) is 12.1 Å². The molecule has 0 bridgehead atoms. The van der Waals surface area contributed by atoms with Crippen LogP contribution in [0.25, 0.3) is 21.8 Å². The fourth-order valence-corrected chi connectivity index (χ4v) is 2.81. The molecule has 0 unspecified atom stereocenters. The second-order valence-electron chi connectivity index (χ2n) is 4.43. The van der Waals surface area contributed by atoms with E-state index in [1.807, 2.05) is 29.6 Å². The summed E-state index contributed by atoms with van der Waals surface area (Å²) < 4.78 is 0. The van der Waals surface area contributed by atoms with Gasteiger partial charge in [0.25, 0.3) is 5.69 Å². The molecule has 0 aliphatic heterocycles.